The quantitative estimate of drug-likeness (QED) is 0.424. The lowest BCUT2D eigenvalue weighted by Gasteiger charge is -2.27. The maximum Gasteiger partial charge on any atom is 0.409 e. The first kappa shape index (κ1) is 22.4. The Kier molecular flexibility index (Phi) is 6.38. The second-order valence-electron chi connectivity index (χ2n) is 8.16. The Morgan fingerprint density at radius 3 is 2.61 bits per heavy atom. The Bertz CT molecular complexity index is 1040. The zero-order valence-corrected chi connectivity index (χ0v) is 17.9. The van der Waals surface area contributed by atoms with Crippen molar-refractivity contribution in [2.45, 2.75) is 44.7 Å². The van der Waals surface area contributed by atoms with Gasteiger partial charge in [-0.3, -0.25) is 34.2 Å². The Labute approximate surface area is 189 Å². The molecule has 4 rings (SSSR count). The second-order valence-corrected chi connectivity index (χ2v) is 8.16. The van der Waals surface area contributed by atoms with Crippen LogP contribution in [-0.4, -0.2) is 71.2 Å². The van der Waals surface area contributed by atoms with Crippen molar-refractivity contribution in [3.8, 4) is 0 Å². The molecular formula is C22H24N4O7. The standard InChI is InChI=1S/C22H24N4O7/c27-17(3-1-2-8-25-9-10-33-22(25)32)23-12-13-4-5-14-15(11-13)21(31)26(20(14)30)16-6-7-18(28)24-19(16)29/h4-5,11,16H,1-3,6-10,12H2,(H,23,27)(H,24,28,29). The van der Waals surface area contributed by atoms with Gasteiger partial charge < -0.3 is 15.0 Å². The molecule has 11 nitrogen and oxygen atoms in total. The number of imide groups is 2. The highest BCUT2D eigenvalue weighted by molar-refractivity contribution is 6.23. The molecule has 2 N–H and O–H groups in total. The molecule has 11 heteroatoms. The zero-order chi connectivity index (χ0) is 23.5. The maximum atomic E-state index is 12.8. The van der Waals surface area contributed by atoms with Crippen LogP contribution in [0, 0.1) is 0 Å². The summed E-state index contributed by atoms with van der Waals surface area (Å²) in [7, 11) is 0. The average molecular weight is 456 g/mol. The van der Waals surface area contributed by atoms with E-state index in [0.29, 0.717) is 44.5 Å². The summed E-state index contributed by atoms with van der Waals surface area (Å²) in [5.41, 5.74) is 1.02. The van der Waals surface area contributed by atoms with Gasteiger partial charge in [0.05, 0.1) is 17.7 Å². The molecule has 1 aromatic carbocycles. The molecule has 0 radical (unpaired) electrons. The molecule has 0 aliphatic carbocycles. The number of nitrogens with zero attached hydrogens (tertiary/aromatic N) is 2. The van der Waals surface area contributed by atoms with Crippen molar-refractivity contribution in [2.75, 3.05) is 19.7 Å². The molecule has 174 valence electrons. The Morgan fingerprint density at radius 2 is 1.88 bits per heavy atom. The van der Waals surface area contributed by atoms with Crippen LogP contribution in [0.2, 0.25) is 0 Å². The molecular weight excluding hydrogens is 432 g/mol. The van der Waals surface area contributed by atoms with Crippen LogP contribution in [0.15, 0.2) is 18.2 Å². The number of amides is 6. The second kappa shape index (κ2) is 9.39. The van der Waals surface area contributed by atoms with Crippen LogP contribution in [-0.2, 0) is 25.7 Å². The van der Waals surface area contributed by atoms with E-state index in [0.717, 1.165) is 4.90 Å². The van der Waals surface area contributed by atoms with Crippen LogP contribution in [0.25, 0.3) is 0 Å². The van der Waals surface area contributed by atoms with Gasteiger partial charge in [-0.1, -0.05) is 6.07 Å². The normalized spacial score (nSPS) is 20.1. The molecule has 3 aliphatic heterocycles. The fourth-order valence-corrected chi connectivity index (χ4v) is 4.13. The molecule has 0 bridgehead atoms. The highest BCUT2D eigenvalue weighted by Gasteiger charge is 2.44. The molecule has 0 saturated carbocycles. The monoisotopic (exact) mass is 456 g/mol. The van der Waals surface area contributed by atoms with E-state index in [9.17, 15) is 28.8 Å². The van der Waals surface area contributed by atoms with Crippen molar-refractivity contribution < 1.29 is 33.5 Å². The summed E-state index contributed by atoms with van der Waals surface area (Å²) < 4.78 is 4.85. The lowest BCUT2D eigenvalue weighted by atomic mass is 10.0. The summed E-state index contributed by atoms with van der Waals surface area (Å²) in [6, 6.07) is 3.69. The minimum absolute atomic E-state index is 0.0587. The molecule has 1 aromatic rings. The minimum Gasteiger partial charge on any atom is -0.448 e. The number of ether oxygens (including phenoxy) is 1. The van der Waals surface area contributed by atoms with Gasteiger partial charge in [-0.25, -0.2) is 4.79 Å². The van der Waals surface area contributed by atoms with E-state index in [1.54, 1.807) is 17.0 Å². The van der Waals surface area contributed by atoms with Crippen molar-refractivity contribution in [2.24, 2.45) is 0 Å². The van der Waals surface area contributed by atoms with Crippen LogP contribution in [0.3, 0.4) is 0 Å². The van der Waals surface area contributed by atoms with Crippen molar-refractivity contribution in [3.63, 3.8) is 0 Å². The first-order valence-electron chi connectivity index (χ1n) is 10.9. The van der Waals surface area contributed by atoms with E-state index >= 15 is 0 Å². The average Bonchev–Trinajstić information content (AvgIpc) is 3.30. The molecule has 2 fully saturated rings. The van der Waals surface area contributed by atoms with E-state index in [4.69, 9.17) is 4.74 Å². The first-order chi connectivity index (χ1) is 15.8. The summed E-state index contributed by atoms with van der Waals surface area (Å²) in [5.74, 6) is -2.40. The van der Waals surface area contributed by atoms with Gasteiger partial charge in [0, 0.05) is 25.9 Å². The first-order valence-corrected chi connectivity index (χ1v) is 10.9. The molecule has 33 heavy (non-hydrogen) atoms. The van der Waals surface area contributed by atoms with E-state index in [2.05, 4.69) is 10.6 Å². The van der Waals surface area contributed by atoms with Crippen LogP contribution >= 0.6 is 0 Å². The molecule has 0 aromatic heterocycles. The number of cyclic esters (lactones) is 1. The van der Waals surface area contributed by atoms with E-state index in [1.807, 2.05) is 0 Å². The van der Waals surface area contributed by atoms with Gasteiger partial charge in [0.25, 0.3) is 11.8 Å². The van der Waals surface area contributed by atoms with Crippen LogP contribution in [0.1, 0.15) is 58.4 Å². The van der Waals surface area contributed by atoms with E-state index in [1.165, 1.54) is 6.07 Å². The van der Waals surface area contributed by atoms with Crippen molar-refractivity contribution >= 4 is 35.6 Å². The highest BCUT2D eigenvalue weighted by atomic mass is 16.6. The van der Waals surface area contributed by atoms with E-state index in [-0.39, 0.29) is 42.5 Å². The van der Waals surface area contributed by atoms with Gasteiger partial charge in [0.1, 0.15) is 12.6 Å². The molecule has 0 spiro atoms. The Hall–Kier alpha value is -3.76. The van der Waals surface area contributed by atoms with Gasteiger partial charge in [0.15, 0.2) is 0 Å². The van der Waals surface area contributed by atoms with Gasteiger partial charge >= 0.3 is 6.09 Å². The predicted octanol–water partition coefficient (Wildman–Crippen LogP) is 0.327. The summed E-state index contributed by atoms with van der Waals surface area (Å²) >= 11 is 0. The molecule has 1 unspecified atom stereocenters. The number of unbranched alkanes of at least 4 members (excludes halogenated alkanes) is 1. The number of carbonyl (C=O) groups excluding carboxylic acids is 6. The highest BCUT2D eigenvalue weighted by Crippen LogP contribution is 2.28. The number of hydrogen-bond donors (Lipinski definition) is 2. The largest absolute Gasteiger partial charge is 0.448 e. The number of benzene rings is 1. The number of nitrogens with one attached hydrogen (secondary N) is 2. The summed E-state index contributed by atoms with van der Waals surface area (Å²) in [6.45, 7) is 1.71. The Morgan fingerprint density at radius 1 is 1.09 bits per heavy atom. The van der Waals surface area contributed by atoms with Gasteiger partial charge in [-0.15, -0.1) is 0 Å². The lowest BCUT2D eigenvalue weighted by molar-refractivity contribution is -0.136. The van der Waals surface area contributed by atoms with Gasteiger partial charge in [-0.05, 0) is 37.0 Å². The predicted molar refractivity (Wildman–Crippen MR) is 112 cm³/mol. The molecule has 1 atom stereocenters. The third-order valence-electron chi connectivity index (χ3n) is 5.92. The zero-order valence-electron chi connectivity index (χ0n) is 17.9. The topological polar surface area (TPSA) is 142 Å². The molecule has 3 heterocycles. The van der Waals surface area contributed by atoms with Crippen molar-refractivity contribution in [3.05, 3.63) is 34.9 Å². The van der Waals surface area contributed by atoms with Crippen LogP contribution < -0.4 is 10.6 Å². The molecule has 3 aliphatic rings. The fraction of sp³-hybridized carbons (Fsp3) is 0.455. The number of rotatable bonds is 8. The van der Waals surface area contributed by atoms with Crippen molar-refractivity contribution in [1.29, 1.82) is 0 Å². The third-order valence-corrected chi connectivity index (χ3v) is 5.92. The summed E-state index contributed by atoms with van der Waals surface area (Å²) in [4.78, 5) is 75.1. The minimum atomic E-state index is -1.01. The lowest BCUT2D eigenvalue weighted by Crippen LogP contribution is -2.54. The van der Waals surface area contributed by atoms with Crippen molar-refractivity contribution in [1.82, 2.24) is 20.4 Å². The van der Waals surface area contributed by atoms with Crippen LogP contribution in [0.5, 0.6) is 0 Å². The smallest absolute Gasteiger partial charge is 0.409 e. The maximum absolute atomic E-state index is 12.8. The van der Waals surface area contributed by atoms with E-state index < -0.39 is 29.7 Å². The molecule has 2 saturated heterocycles. The number of carbonyl (C=O) groups is 6. The number of hydrogen-bond acceptors (Lipinski definition) is 7. The van der Waals surface area contributed by atoms with Gasteiger partial charge in [-0.2, -0.15) is 0 Å². The van der Waals surface area contributed by atoms with Gasteiger partial charge in [0.2, 0.25) is 17.7 Å². The SMILES string of the molecule is O=C(CCCCN1CCOC1=O)NCc1ccc2c(c1)C(=O)N(C1CCC(=O)NC1=O)C2=O. The summed E-state index contributed by atoms with van der Waals surface area (Å²) in [5, 5.41) is 4.94. The molecule has 6 amide bonds. The summed E-state index contributed by atoms with van der Waals surface area (Å²) in [6.07, 6.45) is 1.44. The number of fused-ring (bicyclic) bond motifs is 1. The fourth-order valence-electron chi connectivity index (χ4n) is 4.13. The third kappa shape index (κ3) is 4.71. The number of piperidine rings is 1. The van der Waals surface area contributed by atoms with Crippen LogP contribution in [0.4, 0.5) is 4.79 Å². The Balaban J connectivity index is 1.29.